The molecule has 0 aliphatic carbocycles. The van der Waals surface area contributed by atoms with E-state index in [0.717, 1.165) is 57.1 Å². The van der Waals surface area contributed by atoms with Gasteiger partial charge in [-0.2, -0.15) is 4.98 Å². The van der Waals surface area contributed by atoms with Gasteiger partial charge in [0.1, 0.15) is 5.75 Å². The second-order valence-electron chi connectivity index (χ2n) is 7.56. The molecule has 8 heteroatoms. The van der Waals surface area contributed by atoms with Crippen LogP contribution in [0.3, 0.4) is 0 Å². The molecule has 1 atom stereocenters. The number of aryl methyl sites for hydroxylation is 1. The molecule has 0 saturated carbocycles. The molecular formula is C21H28N4O4. The maximum absolute atomic E-state index is 12.5. The largest absolute Gasteiger partial charge is 0.497 e. The van der Waals surface area contributed by atoms with Crippen molar-refractivity contribution in [1.29, 1.82) is 0 Å². The van der Waals surface area contributed by atoms with E-state index in [-0.39, 0.29) is 5.91 Å². The highest BCUT2D eigenvalue weighted by Crippen LogP contribution is 2.20. The standard InChI is InChI=1S/C21H28N4O4/c1-27-17-6-4-16(5-7-17)21-22-19(29-23-21)8-9-20(26)25-12-10-24(11-13-25)15-18-3-2-14-28-18/h4-7,18H,2-3,8-15H2,1H3. The SMILES string of the molecule is COc1ccc(-c2noc(CCC(=O)N3CCN(CC4CCCO4)CC3)n2)cc1. The van der Waals surface area contributed by atoms with Crippen LogP contribution in [0, 0.1) is 0 Å². The molecule has 1 amide bonds. The number of benzene rings is 1. The van der Waals surface area contributed by atoms with Crippen molar-refractivity contribution in [1.82, 2.24) is 19.9 Å². The molecule has 2 aliphatic rings. The second kappa shape index (κ2) is 9.37. The first-order valence-electron chi connectivity index (χ1n) is 10.3. The van der Waals surface area contributed by atoms with Gasteiger partial charge in [0.25, 0.3) is 0 Å². The van der Waals surface area contributed by atoms with Crippen LogP contribution >= 0.6 is 0 Å². The summed E-state index contributed by atoms with van der Waals surface area (Å²) in [5.74, 6) is 1.93. The number of methoxy groups -OCH3 is 1. The summed E-state index contributed by atoms with van der Waals surface area (Å²) >= 11 is 0. The third-order valence-corrected chi connectivity index (χ3v) is 5.58. The lowest BCUT2D eigenvalue weighted by Gasteiger charge is -2.35. The predicted octanol–water partition coefficient (Wildman–Crippen LogP) is 2.00. The third kappa shape index (κ3) is 5.13. The Morgan fingerprint density at radius 3 is 2.69 bits per heavy atom. The van der Waals surface area contributed by atoms with Crippen LogP contribution in [0.2, 0.25) is 0 Å². The van der Waals surface area contributed by atoms with Crippen molar-refractivity contribution in [2.75, 3.05) is 46.4 Å². The molecule has 2 fully saturated rings. The molecule has 0 N–H and O–H groups in total. The third-order valence-electron chi connectivity index (χ3n) is 5.58. The van der Waals surface area contributed by atoms with E-state index in [0.29, 0.717) is 30.7 Å². The minimum absolute atomic E-state index is 0.144. The van der Waals surface area contributed by atoms with Crippen molar-refractivity contribution in [3.8, 4) is 17.1 Å². The molecule has 1 unspecified atom stereocenters. The first kappa shape index (κ1) is 19.8. The molecule has 8 nitrogen and oxygen atoms in total. The number of carbonyl (C=O) groups excluding carboxylic acids is 1. The molecule has 3 heterocycles. The van der Waals surface area contributed by atoms with Gasteiger partial charge in [-0.15, -0.1) is 0 Å². The number of rotatable bonds is 7. The smallest absolute Gasteiger partial charge is 0.227 e. The lowest BCUT2D eigenvalue weighted by molar-refractivity contribution is -0.133. The van der Waals surface area contributed by atoms with Crippen molar-refractivity contribution in [2.24, 2.45) is 0 Å². The second-order valence-corrected chi connectivity index (χ2v) is 7.56. The van der Waals surface area contributed by atoms with Crippen LogP contribution < -0.4 is 4.74 Å². The Morgan fingerprint density at radius 1 is 1.21 bits per heavy atom. The summed E-state index contributed by atoms with van der Waals surface area (Å²) in [6, 6.07) is 7.48. The highest BCUT2D eigenvalue weighted by molar-refractivity contribution is 5.76. The average molecular weight is 400 g/mol. The highest BCUT2D eigenvalue weighted by Gasteiger charge is 2.25. The highest BCUT2D eigenvalue weighted by atomic mass is 16.5. The van der Waals surface area contributed by atoms with Crippen molar-refractivity contribution in [3.63, 3.8) is 0 Å². The number of nitrogens with zero attached hydrogens (tertiary/aromatic N) is 4. The summed E-state index contributed by atoms with van der Waals surface area (Å²) in [6.45, 7) is 5.23. The normalized spacial score (nSPS) is 20.2. The van der Waals surface area contributed by atoms with Crippen LogP contribution in [-0.4, -0.2) is 78.4 Å². The Hall–Kier alpha value is -2.45. The van der Waals surface area contributed by atoms with E-state index in [4.69, 9.17) is 14.0 Å². The summed E-state index contributed by atoms with van der Waals surface area (Å²) in [7, 11) is 1.63. The summed E-state index contributed by atoms with van der Waals surface area (Å²) in [6.07, 6.45) is 3.53. The average Bonchev–Trinajstić information content (AvgIpc) is 3.45. The first-order valence-corrected chi connectivity index (χ1v) is 10.3. The molecular weight excluding hydrogens is 372 g/mol. The summed E-state index contributed by atoms with van der Waals surface area (Å²) < 4.78 is 16.2. The van der Waals surface area contributed by atoms with E-state index in [9.17, 15) is 4.79 Å². The maximum Gasteiger partial charge on any atom is 0.227 e. The van der Waals surface area contributed by atoms with E-state index < -0.39 is 0 Å². The van der Waals surface area contributed by atoms with Crippen LogP contribution in [0.4, 0.5) is 0 Å². The quantitative estimate of drug-likeness (QED) is 0.703. The van der Waals surface area contributed by atoms with Gasteiger partial charge in [-0.3, -0.25) is 9.69 Å². The van der Waals surface area contributed by atoms with Crippen molar-refractivity contribution >= 4 is 5.91 Å². The zero-order valence-corrected chi connectivity index (χ0v) is 16.9. The summed E-state index contributed by atoms with van der Waals surface area (Å²) in [4.78, 5) is 21.3. The molecule has 4 rings (SSSR count). The van der Waals surface area contributed by atoms with E-state index in [1.165, 1.54) is 6.42 Å². The summed E-state index contributed by atoms with van der Waals surface area (Å²) in [5.41, 5.74) is 0.856. The van der Waals surface area contributed by atoms with Gasteiger partial charge in [0.15, 0.2) is 0 Å². The minimum atomic E-state index is 0.144. The molecule has 29 heavy (non-hydrogen) atoms. The van der Waals surface area contributed by atoms with Gasteiger partial charge in [0.2, 0.25) is 17.6 Å². The molecule has 2 aromatic rings. The molecule has 1 aromatic carbocycles. The predicted molar refractivity (Wildman–Crippen MR) is 107 cm³/mol. The Kier molecular flexibility index (Phi) is 6.41. The zero-order valence-electron chi connectivity index (χ0n) is 16.9. The van der Waals surface area contributed by atoms with Gasteiger partial charge in [-0.1, -0.05) is 5.16 Å². The maximum atomic E-state index is 12.5. The fourth-order valence-corrected chi connectivity index (χ4v) is 3.84. The number of piperazine rings is 1. The Labute approximate surface area is 170 Å². The van der Waals surface area contributed by atoms with Crippen LogP contribution in [0.1, 0.15) is 25.2 Å². The fraction of sp³-hybridized carbons (Fsp3) is 0.571. The van der Waals surface area contributed by atoms with Gasteiger partial charge in [-0.25, -0.2) is 0 Å². The van der Waals surface area contributed by atoms with Gasteiger partial charge in [-0.05, 0) is 37.1 Å². The summed E-state index contributed by atoms with van der Waals surface area (Å²) in [5, 5.41) is 4.02. The number of amides is 1. The number of carbonyl (C=O) groups is 1. The van der Waals surface area contributed by atoms with Crippen LogP contribution in [0.15, 0.2) is 28.8 Å². The number of hydrogen-bond acceptors (Lipinski definition) is 7. The van der Waals surface area contributed by atoms with Crippen LogP contribution in [-0.2, 0) is 16.0 Å². The fourth-order valence-electron chi connectivity index (χ4n) is 3.84. The van der Waals surface area contributed by atoms with Crippen molar-refractivity contribution in [3.05, 3.63) is 30.2 Å². The van der Waals surface area contributed by atoms with E-state index >= 15 is 0 Å². The molecule has 0 bridgehead atoms. The number of hydrogen-bond donors (Lipinski definition) is 0. The lowest BCUT2D eigenvalue weighted by Crippen LogP contribution is -2.50. The number of aromatic nitrogens is 2. The van der Waals surface area contributed by atoms with Gasteiger partial charge >= 0.3 is 0 Å². The van der Waals surface area contributed by atoms with E-state index in [1.807, 2.05) is 29.2 Å². The topological polar surface area (TPSA) is 80.9 Å². The van der Waals surface area contributed by atoms with E-state index in [2.05, 4.69) is 15.0 Å². The zero-order chi connectivity index (χ0) is 20.1. The van der Waals surface area contributed by atoms with Crippen molar-refractivity contribution in [2.45, 2.75) is 31.8 Å². The molecule has 2 aliphatic heterocycles. The molecule has 2 saturated heterocycles. The Balaban J connectivity index is 1.22. The Morgan fingerprint density at radius 2 is 2.00 bits per heavy atom. The van der Waals surface area contributed by atoms with Gasteiger partial charge < -0.3 is 18.9 Å². The minimum Gasteiger partial charge on any atom is -0.497 e. The van der Waals surface area contributed by atoms with Gasteiger partial charge in [0.05, 0.1) is 13.2 Å². The molecule has 0 spiro atoms. The van der Waals surface area contributed by atoms with Crippen molar-refractivity contribution < 1.29 is 18.8 Å². The van der Waals surface area contributed by atoms with Gasteiger partial charge in [0, 0.05) is 57.7 Å². The molecule has 0 radical (unpaired) electrons. The Bertz CT molecular complexity index is 793. The van der Waals surface area contributed by atoms with Crippen LogP contribution in [0.5, 0.6) is 5.75 Å². The number of ether oxygens (including phenoxy) is 2. The molecule has 156 valence electrons. The lowest BCUT2D eigenvalue weighted by atomic mass is 10.2. The molecule has 1 aromatic heterocycles. The monoisotopic (exact) mass is 400 g/mol. The van der Waals surface area contributed by atoms with Crippen LogP contribution in [0.25, 0.3) is 11.4 Å². The first-order chi connectivity index (χ1) is 14.2. The van der Waals surface area contributed by atoms with E-state index in [1.54, 1.807) is 7.11 Å².